The molecule has 2 saturated heterocycles. The van der Waals surface area contributed by atoms with Gasteiger partial charge in [-0.3, -0.25) is 14.4 Å². The maximum atomic E-state index is 12.2. The van der Waals surface area contributed by atoms with E-state index in [0.717, 1.165) is 29.2 Å². The van der Waals surface area contributed by atoms with E-state index in [1.54, 1.807) is 40.6 Å². The minimum atomic E-state index is -1.01. The molecule has 2 heterocycles. The molecule has 0 aromatic heterocycles. The number of aryl methyl sites for hydroxylation is 1. The quantitative estimate of drug-likeness (QED) is 0.633. The molecule has 0 aliphatic carbocycles. The maximum Gasteiger partial charge on any atom is 0.313 e. The number of carbonyl (C=O) groups is 3. The summed E-state index contributed by atoms with van der Waals surface area (Å²) < 4.78 is 0. The van der Waals surface area contributed by atoms with E-state index in [-0.39, 0.29) is 12.5 Å². The highest BCUT2D eigenvalue weighted by molar-refractivity contribution is 8.03. The van der Waals surface area contributed by atoms with Gasteiger partial charge >= 0.3 is 11.8 Å². The first-order valence-corrected chi connectivity index (χ1v) is 11.6. The molecular formula is C19H25N3O4S2. The van der Waals surface area contributed by atoms with Gasteiger partial charge in [0.25, 0.3) is 0 Å². The van der Waals surface area contributed by atoms with Crippen LogP contribution in [-0.2, 0) is 14.4 Å². The largest absolute Gasteiger partial charge is 0.386 e. The first kappa shape index (κ1) is 21.0. The number of amides is 3. The molecule has 2 aliphatic heterocycles. The van der Waals surface area contributed by atoms with E-state index < -0.39 is 17.4 Å². The van der Waals surface area contributed by atoms with Crippen LogP contribution in [0.5, 0.6) is 0 Å². The number of carbonyl (C=O) groups excluding carboxylic acids is 3. The van der Waals surface area contributed by atoms with Crippen molar-refractivity contribution in [2.75, 3.05) is 46.3 Å². The van der Waals surface area contributed by atoms with Crippen LogP contribution in [0.1, 0.15) is 18.4 Å². The van der Waals surface area contributed by atoms with Crippen LogP contribution in [0.4, 0.5) is 11.4 Å². The van der Waals surface area contributed by atoms with Crippen LogP contribution >= 0.6 is 23.5 Å². The molecule has 2 fully saturated rings. The second-order valence-corrected chi connectivity index (χ2v) is 9.33. The number of anilines is 2. The number of benzene rings is 1. The van der Waals surface area contributed by atoms with Gasteiger partial charge in [0.2, 0.25) is 5.91 Å². The molecule has 1 aromatic carbocycles. The zero-order valence-corrected chi connectivity index (χ0v) is 17.5. The average Bonchev–Trinajstić information content (AvgIpc) is 2.97. The summed E-state index contributed by atoms with van der Waals surface area (Å²) in [6.45, 7) is 2.61. The van der Waals surface area contributed by atoms with Crippen LogP contribution in [0.25, 0.3) is 0 Å². The molecule has 0 unspecified atom stereocenters. The number of rotatable bonds is 4. The van der Waals surface area contributed by atoms with Crippen molar-refractivity contribution in [2.24, 2.45) is 0 Å². The summed E-state index contributed by atoms with van der Waals surface area (Å²) in [5, 5.41) is 15.7. The molecule has 0 bridgehead atoms. The summed E-state index contributed by atoms with van der Waals surface area (Å²) in [5.74, 6) is 1.50. The van der Waals surface area contributed by atoms with Gasteiger partial charge in [-0.25, -0.2) is 0 Å². The summed E-state index contributed by atoms with van der Waals surface area (Å²) in [5.41, 5.74) is 1.14. The lowest BCUT2D eigenvalue weighted by Crippen LogP contribution is -2.49. The molecular weight excluding hydrogens is 398 g/mol. The fourth-order valence-electron chi connectivity index (χ4n) is 3.18. The van der Waals surface area contributed by atoms with Gasteiger partial charge in [-0.1, -0.05) is 6.07 Å². The molecule has 28 heavy (non-hydrogen) atoms. The first-order chi connectivity index (χ1) is 13.4. The van der Waals surface area contributed by atoms with Gasteiger partial charge in [0.05, 0.1) is 5.60 Å². The lowest BCUT2D eigenvalue weighted by molar-refractivity contribution is -0.136. The highest BCUT2D eigenvalue weighted by Crippen LogP contribution is 2.28. The van der Waals surface area contributed by atoms with Gasteiger partial charge in [0, 0.05) is 53.9 Å². The molecule has 7 nitrogen and oxygen atoms in total. The Hall–Kier alpha value is -1.71. The summed E-state index contributed by atoms with van der Waals surface area (Å²) >= 11 is 3.29. The Morgan fingerprint density at radius 1 is 1.21 bits per heavy atom. The molecule has 0 saturated carbocycles. The maximum absolute atomic E-state index is 12.2. The zero-order valence-electron chi connectivity index (χ0n) is 15.8. The lowest BCUT2D eigenvalue weighted by Gasteiger charge is -2.25. The van der Waals surface area contributed by atoms with Crippen molar-refractivity contribution >= 4 is 52.6 Å². The molecule has 0 radical (unpaired) electrons. The predicted octanol–water partition coefficient (Wildman–Crippen LogP) is 1.39. The number of hydrogen-bond donors (Lipinski definition) is 3. The van der Waals surface area contributed by atoms with Crippen molar-refractivity contribution in [2.45, 2.75) is 25.4 Å². The molecule has 1 aromatic rings. The first-order valence-electron chi connectivity index (χ1n) is 9.26. The van der Waals surface area contributed by atoms with Gasteiger partial charge in [-0.05, 0) is 31.0 Å². The fourth-order valence-corrected chi connectivity index (χ4v) is 5.71. The lowest BCUT2D eigenvalue weighted by atomic mass is 10.1. The second-order valence-electron chi connectivity index (χ2n) is 7.12. The molecule has 152 valence electrons. The van der Waals surface area contributed by atoms with E-state index >= 15 is 0 Å². The van der Waals surface area contributed by atoms with Crippen molar-refractivity contribution in [1.29, 1.82) is 0 Å². The van der Waals surface area contributed by atoms with Crippen LogP contribution in [0.2, 0.25) is 0 Å². The van der Waals surface area contributed by atoms with E-state index in [4.69, 9.17) is 0 Å². The van der Waals surface area contributed by atoms with Gasteiger partial charge in [0.15, 0.2) is 0 Å². The Bertz CT molecular complexity index is 764. The van der Waals surface area contributed by atoms with Crippen LogP contribution in [0, 0.1) is 6.92 Å². The molecule has 3 rings (SSSR count). The van der Waals surface area contributed by atoms with Crippen molar-refractivity contribution in [1.82, 2.24) is 5.32 Å². The molecule has 3 amide bonds. The Balaban J connectivity index is 1.59. The fraction of sp³-hybridized carbons (Fsp3) is 0.526. The molecule has 0 spiro atoms. The Morgan fingerprint density at radius 2 is 1.93 bits per heavy atom. The predicted molar refractivity (Wildman–Crippen MR) is 114 cm³/mol. The van der Waals surface area contributed by atoms with E-state index in [9.17, 15) is 19.5 Å². The normalized spacial score (nSPS) is 19.2. The van der Waals surface area contributed by atoms with Gasteiger partial charge in [-0.2, -0.15) is 23.5 Å². The van der Waals surface area contributed by atoms with E-state index in [2.05, 4.69) is 10.6 Å². The SMILES string of the molecule is Cc1ccc(NC(=O)C(=O)NCC2(O)CSCCSC2)cc1N1CCCC1=O. The molecule has 9 heteroatoms. The Morgan fingerprint density at radius 3 is 2.57 bits per heavy atom. The summed E-state index contributed by atoms with van der Waals surface area (Å²) in [6, 6.07) is 5.24. The molecule has 0 atom stereocenters. The number of hydrogen-bond acceptors (Lipinski definition) is 6. The minimum Gasteiger partial charge on any atom is -0.386 e. The highest BCUT2D eigenvalue weighted by Gasteiger charge is 2.30. The number of nitrogens with one attached hydrogen (secondary N) is 2. The third-order valence-corrected chi connectivity index (χ3v) is 7.46. The number of nitrogens with zero attached hydrogens (tertiary/aromatic N) is 1. The summed E-state index contributed by atoms with van der Waals surface area (Å²) in [4.78, 5) is 38.1. The van der Waals surface area contributed by atoms with Gasteiger partial charge in [0.1, 0.15) is 0 Å². The highest BCUT2D eigenvalue weighted by atomic mass is 32.2. The van der Waals surface area contributed by atoms with Crippen LogP contribution in [-0.4, -0.2) is 64.5 Å². The monoisotopic (exact) mass is 423 g/mol. The molecule has 3 N–H and O–H groups in total. The number of thioether (sulfide) groups is 2. The van der Waals surface area contributed by atoms with E-state index in [0.29, 0.717) is 30.2 Å². The van der Waals surface area contributed by atoms with Crippen LogP contribution in [0.15, 0.2) is 18.2 Å². The third kappa shape index (κ3) is 5.21. The Labute approximate surface area is 173 Å². The number of aliphatic hydroxyl groups is 1. The molecule has 2 aliphatic rings. The summed E-state index contributed by atoms with van der Waals surface area (Å²) in [7, 11) is 0. The topological polar surface area (TPSA) is 98.7 Å². The van der Waals surface area contributed by atoms with E-state index in [1.165, 1.54) is 0 Å². The van der Waals surface area contributed by atoms with Crippen molar-refractivity contribution in [3.63, 3.8) is 0 Å². The van der Waals surface area contributed by atoms with Crippen molar-refractivity contribution < 1.29 is 19.5 Å². The Kier molecular flexibility index (Phi) is 6.90. The van der Waals surface area contributed by atoms with Crippen LogP contribution in [0.3, 0.4) is 0 Å². The smallest absolute Gasteiger partial charge is 0.313 e. The average molecular weight is 424 g/mol. The zero-order chi connectivity index (χ0) is 20.1. The van der Waals surface area contributed by atoms with Gasteiger partial charge < -0.3 is 20.6 Å². The van der Waals surface area contributed by atoms with Gasteiger partial charge in [-0.15, -0.1) is 0 Å². The second kappa shape index (κ2) is 9.19. The standard InChI is InChI=1S/C19H25N3O4S2/c1-13-4-5-14(9-15(13)22-6-2-3-16(22)23)21-18(25)17(24)20-10-19(26)11-27-7-8-28-12-19/h4-5,9,26H,2-3,6-8,10-12H2,1H3,(H,20,24)(H,21,25). The minimum absolute atomic E-state index is 0.0423. The van der Waals surface area contributed by atoms with E-state index in [1.807, 2.05) is 13.0 Å². The third-order valence-electron chi connectivity index (χ3n) is 4.73. The summed E-state index contributed by atoms with van der Waals surface area (Å²) in [6.07, 6.45) is 1.34. The van der Waals surface area contributed by atoms with Crippen LogP contribution < -0.4 is 15.5 Å². The van der Waals surface area contributed by atoms with Crippen molar-refractivity contribution in [3.05, 3.63) is 23.8 Å². The van der Waals surface area contributed by atoms with Crippen molar-refractivity contribution in [3.8, 4) is 0 Å².